The van der Waals surface area contributed by atoms with Crippen LogP contribution >= 0.6 is 0 Å². The Morgan fingerprint density at radius 1 is 1.59 bits per heavy atom. The Kier molecular flexibility index (Phi) is 2.99. The van der Waals surface area contributed by atoms with E-state index in [9.17, 15) is 9.59 Å². The second-order valence-electron chi connectivity index (χ2n) is 4.08. The van der Waals surface area contributed by atoms with Gasteiger partial charge in [0.25, 0.3) is 5.56 Å². The third-order valence-corrected chi connectivity index (χ3v) is 3.02. The lowest BCUT2D eigenvalue weighted by molar-refractivity contribution is -0.0305. The average Bonchev–Trinajstić information content (AvgIpc) is 2.57. The van der Waals surface area contributed by atoms with E-state index in [1.807, 2.05) is 6.92 Å². The second-order valence-corrected chi connectivity index (χ2v) is 4.08. The first-order valence-corrected chi connectivity index (χ1v) is 5.31. The number of H-pyrrole nitrogens is 1. The van der Waals surface area contributed by atoms with Crippen molar-refractivity contribution in [3.63, 3.8) is 0 Å². The van der Waals surface area contributed by atoms with E-state index in [1.165, 1.54) is 16.8 Å². The third kappa shape index (κ3) is 1.96. The fourth-order valence-electron chi connectivity index (χ4n) is 1.94. The number of hydrogen-bond donors (Lipinski definition) is 2. The monoisotopic (exact) mass is 238 g/mol. The fraction of sp³-hybridized carbons (Fsp3) is 0.455. The van der Waals surface area contributed by atoms with Crippen LogP contribution in [0.15, 0.2) is 34.0 Å². The number of nitrogens with zero attached hydrogens (tertiary/aromatic N) is 1. The maximum absolute atomic E-state index is 11.6. The number of ether oxygens (including phenoxy) is 1. The highest BCUT2D eigenvalue weighted by atomic mass is 16.5. The number of rotatable bonds is 2. The molecule has 1 saturated heterocycles. The quantitative estimate of drug-likeness (QED) is 0.688. The molecular formula is C11H14N2O4. The molecule has 17 heavy (non-hydrogen) atoms. The predicted molar refractivity (Wildman–Crippen MR) is 60.6 cm³/mol. The van der Waals surface area contributed by atoms with E-state index >= 15 is 0 Å². The number of hydrogen-bond acceptors (Lipinski definition) is 4. The molecule has 1 aromatic rings. The van der Waals surface area contributed by atoms with E-state index < -0.39 is 23.6 Å². The van der Waals surface area contributed by atoms with Gasteiger partial charge in [0.1, 0.15) is 12.3 Å². The highest BCUT2D eigenvalue weighted by Crippen LogP contribution is 2.36. The van der Waals surface area contributed by atoms with Crippen molar-refractivity contribution in [2.75, 3.05) is 6.61 Å². The van der Waals surface area contributed by atoms with Crippen LogP contribution in [-0.2, 0) is 4.74 Å². The molecule has 1 fully saturated rings. The highest BCUT2D eigenvalue weighted by Gasteiger charge is 2.36. The van der Waals surface area contributed by atoms with Gasteiger partial charge in [-0.1, -0.05) is 13.5 Å². The van der Waals surface area contributed by atoms with Crippen molar-refractivity contribution in [3.8, 4) is 0 Å². The Labute approximate surface area is 97.2 Å². The molecule has 1 aliphatic rings. The molecule has 2 rings (SSSR count). The summed E-state index contributed by atoms with van der Waals surface area (Å²) in [6, 6.07) is 1.26. The molecule has 2 heterocycles. The van der Waals surface area contributed by atoms with Gasteiger partial charge >= 0.3 is 5.69 Å². The van der Waals surface area contributed by atoms with Crippen LogP contribution in [0.2, 0.25) is 0 Å². The van der Waals surface area contributed by atoms with Crippen LogP contribution in [0.3, 0.4) is 0 Å². The van der Waals surface area contributed by atoms with Gasteiger partial charge in [-0.15, -0.1) is 0 Å². The molecule has 0 radical (unpaired) electrons. The molecule has 0 saturated carbocycles. The van der Waals surface area contributed by atoms with E-state index in [2.05, 4.69) is 11.6 Å². The lowest BCUT2D eigenvalue weighted by atomic mass is 10.0. The Balaban J connectivity index is 2.39. The Morgan fingerprint density at radius 2 is 2.29 bits per heavy atom. The van der Waals surface area contributed by atoms with Crippen molar-refractivity contribution in [1.29, 1.82) is 0 Å². The standard InChI is InChI=1S/C11H14N2O4/c1-6-7(2)10(17-8(6)5-14)13-4-3-9(15)12-11(13)16/h3-4,7-8,10,14H,1,5H2,2H3,(H,12,15,16). The molecule has 6 heteroatoms. The minimum absolute atomic E-state index is 0.101. The normalized spacial score (nSPS) is 28.6. The number of aliphatic hydroxyl groups is 1. The molecule has 0 bridgehead atoms. The molecular weight excluding hydrogens is 224 g/mol. The predicted octanol–water partition coefficient (Wildman–Crippen LogP) is -0.381. The number of aromatic amines is 1. The van der Waals surface area contributed by atoms with Crippen LogP contribution in [0.25, 0.3) is 0 Å². The summed E-state index contributed by atoms with van der Waals surface area (Å²) in [6.45, 7) is 5.53. The maximum Gasteiger partial charge on any atom is 0.330 e. The molecule has 0 amide bonds. The van der Waals surface area contributed by atoms with Gasteiger partial charge < -0.3 is 9.84 Å². The van der Waals surface area contributed by atoms with Crippen molar-refractivity contribution in [1.82, 2.24) is 9.55 Å². The fourth-order valence-corrected chi connectivity index (χ4v) is 1.94. The number of aromatic nitrogens is 2. The second kappa shape index (κ2) is 4.31. The molecule has 1 aromatic heterocycles. The minimum Gasteiger partial charge on any atom is -0.393 e. The lowest BCUT2D eigenvalue weighted by Gasteiger charge is -2.16. The van der Waals surface area contributed by atoms with Gasteiger partial charge in [0.2, 0.25) is 0 Å². The third-order valence-electron chi connectivity index (χ3n) is 3.02. The summed E-state index contributed by atoms with van der Waals surface area (Å²) < 4.78 is 6.83. The van der Waals surface area contributed by atoms with Crippen LogP contribution in [0, 0.1) is 5.92 Å². The summed E-state index contributed by atoms with van der Waals surface area (Å²) in [5.74, 6) is -0.101. The van der Waals surface area contributed by atoms with Crippen LogP contribution < -0.4 is 11.2 Å². The van der Waals surface area contributed by atoms with Gasteiger partial charge in [0.15, 0.2) is 0 Å². The zero-order valence-electron chi connectivity index (χ0n) is 9.42. The van der Waals surface area contributed by atoms with E-state index in [-0.39, 0.29) is 12.5 Å². The zero-order valence-corrected chi connectivity index (χ0v) is 9.42. The molecule has 0 aromatic carbocycles. The molecule has 0 spiro atoms. The summed E-state index contributed by atoms with van der Waals surface area (Å²) in [6.07, 6.45) is 0.382. The number of aliphatic hydroxyl groups excluding tert-OH is 1. The van der Waals surface area contributed by atoms with Gasteiger partial charge in [-0.3, -0.25) is 14.3 Å². The van der Waals surface area contributed by atoms with E-state index in [0.29, 0.717) is 0 Å². The van der Waals surface area contributed by atoms with Gasteiger partial charge in [-0.2, -0.15) is 0 Å². The summed E-state index contributed by atoms with van der Waals surface area (Å²) >= 11 is 0. The van der Waals surface area contributed by atoms with Gasteiger partial charge in [0.05, 0.1) is 6.61 Å². The largest absolute Gasteiger partial charge is 0.393 e. The highest BCUT2D eigenvalue weighted by molar-refractivity contribution is 5.13. The SMILES string of the molecule is C=C1C(CO)OC(n2ccc(=O)[nH]c2=O)C1C. The molecule has 1 aliphatic heterocycles. The van der Waals surface area contributed by atoms with Crippen LogP contribution in [0.4, 0.5) is 0 Å². The first kappa shape index (κ1) is 11.8. The molecule has 3 atom stereocenters. The topological polar surface area (TPSA) is 84.3 Å². The van der Waals surface area contributed by atoms with Gasteiger partial charge in [0, 0.05) is 18.2 Å². The summed E-state index contributed by atoms with van der Waals surface area (Å²) in [4.78, 5) is 24.7. The molecule has 2 N–H and O–H groups in total. The average molecular weight is 238 g/mol. The Morgan fingerprint density at radius 3 is 2.82 bits per heavy atom. The Bertz CT molecular complexity index is 545. The zero-order chi connectivity index (χ0) is 12.6. The minimum atomic E-state index is -0.538. The smallest absolute Gasteiger partial charge is 0.330 e. The van der Waals surface area contributed by atoms with Crippen molar-refractivity contribution >= 4 is 0 Å². The summed E-state index contributed by atoms with van der Waals surface area (Å²) in [5.41, 5.74) is -0.231. The van der Waals surface area contributed by atoms with E-state index in [0.717, 1.165) is 5.57 Å². The van der Waals surface area contributed by atoms with E-state index in [1.54, 1.807) is 0 Å². The molecule has 3 unspecified atom stereocenters. The summed E-state index contributed by atoms with van der Waals surface area (Å²) in [5, 5.41) is 9.10. The van der Waals surface area contributed by atoms with Gasteiger partial charge in [-0.25, -0.2) is 4.79 Å². The molecule has 0 aliphatic carbocycles. The Hall–Kier alpha value is -1.66. The van der Waals surface area contributed by atoms with Crippen molar-refractivity contribution < 1.29 is 9.84 Å². The van der Waals surface area contributed by atoms with E-state index in [4.69, 9.17) is 9.84 Å². The number of nitrogens with one attached hydrogen (secondary N) is 1. The summed E-state index contributed by atoms with van der Waals surface area (Å²) in [7, 11) is 0. The molecule has 6 nitrogen and oxygen atoms in total. The van der Waals surface area contributed by atoms with Gasteiger partial charge in [-0.05, 0) is 5.57 Å². The maximum atomic E-state index is 11.6. The molecule has 92 valence electrons. The van der Waals surface area contributed by atoms with Crippen LogP contribution in [0.5, 0.6) is 0 Å². The van der Waals surface area contributed by atoms with Crippen molar-refractivity contribution in [2.24, 2.45) is 5.92 Å². The van der Waals surface area contributed by atoms with Crippen LogP contribution in [-0.4, -0.2) is 27.4 Å². The van der Waals surface area contributed by atoms with Crippen molar-refractivity contribution in [3.05, 3.63) is 45.3 Å². The lowest BCUT2D eigenvalue weighted by Crippen LogP contribution is -2.33. The first-order chi connectivity index (χ1) is 8.04. The first-order valence-electron chi connectivity index (χ1n) is 5.31. The van der Waals surface area contributed by atoms with Crippen LogP contribution in [0.1, 0.15) is 13.2 Å². The van der Waals surface area contributed by atoms with Crippen molar-refractivity contribution in [2.45, 2.75) is 19.3 Å².